The van der Waals surface area contributed by atoms with Crippen LogP contribution in [0.25, 0.3) is 20.7 Å². The van der Waals surface area contributed by atoms with E-state index < -0.39 is 0 Å². The van der Waals surface area contributed by atoms with Gasteiger partial charge in [0.05, 0.1) is 22.6 Å². The Hall–Kier alpha value is -3.53. The fourth-order valence-electron chi connectivity index (χ4n) is 4.58. The molecule has 0 bridgehead atoms. The molecular weight excluding hydrogens is 511 g/mol. The van der Waals surface area contributed by atoms with Crippen molar-refractivity contribution in [3.63, 3.8) is 0 Å². The van der Waals surface area contributed by atoms with E-state index in [4.69, 9.17) is 21.4 Å². The number of hydrogen-bond donors (Lipinski definition) is 2. The van der Waals surface area contributed by atoms with Crippen LogP contribution in [0.5, 0.6) is 5.75 Å². The molecule has 0 saturated carbocycles. The summed E-state index contributed by atoms with van der Waals surface area (Å²) in [6.07, 6.45) is 5.50. The van der Waals surface area contributed by atoms with Gasteiger partial charge in [-0.25, -0.2) is 14.4 Å². The molecule has 37 heavy (non-hydrogen) atoms. The molecule has 188 valence electrons. The van der Waals surface area contributed by atoms with Crippen molar-refractivity contribution >= 4 is 44.7 Å². The molecule has 5 aromatic rings. The monoisotopic (exact) mass is 534 g/mol. The van der Waals surface area contributed by atoms with Crippen LogP contribution < -0.4 is 15.4 Å². The number of halogens is 2. The van der Waals surface area contributed by atoms with Crippen LogP contribution in [0.4, 0.5) is 15.9 Å². The summed E-state index contributed by atoms with van der Waals surface area (Å²) < 4.78 is 21.3. The van der Waals surface area contributed by atoms with Gasteiger partial charge in [-0.05, 0) is 61.3 Å². The van der Waals surface area contributed by atoms with Gasteiger partial charge in [0, 0.05) is 28.9 Å². The summed E-state index contributed by atoms with van der Waals surface area (Å²) in [6.45, 7) is 1.93. The van der Waals surface area contributed by atoms with E-state index in [1.54, 1.807) is 35.9 Å². The predicted molar refractivity (Wildman–Crippen MR) is 145 cm³/mol. The number of benzene rings is 2. The van der Waals surface area contributed by atoms with Crippen molar-refractivity contribution < 1.29 is 9.13 Å². The first-order valence-corrected chi connectivity index (χ1v) is 13.2. The average molecular weight is 535 g/mol. The van der Waals surface area contributed by atoms with Gasteiger partial charge >= 0.3 is 0 Å². The van der Waals surface area contributed by atoms with Crippen molar-refractivity contribution in [2.75, 3.05) is 18.9 Å². The summed E-state index contributed by atoms with van der Waals surface area (Å²) in [5.41, 5.74) is 5.11. The molecule has 0 spiro atoms. The third kappa shape index (κ3) is 4.77. The zero-order valence-electron chi connectivity index (χ0n) is 20.1. The molecule has 0 aliphatic heterocycles. The maximum Gasteiger partial charge on any atom is 0.142 e. The van der Waals surface area contributed by atoms with E-state index in [-0.39, 0.29) is 12.4 Å². The molecule has 2 aromatic carbocycles. The first-order chi connectivity index (χ1) is 18.1. The third-order valence-electron chi connectivity index (χ3n) is 6.35. The van der Waals surface area contributed by atoms with E-state index >= 15 is 0 Å². The Morgan fingerprint density at radius 3 is 2.92 bits per heavy atom. The van der Waals surface area contributed by atoms with E-state index in [1.165, 1.54) is 28.1 Å². The van der Waals surface area contributed by atoms with Gasteiger partial charge < -0.3 is 15.4 Å². The van der Waals surface area contributed by atoms with Crippen LogP contribution >= 0.6 is 22.9 Å². The maximum absolute atomic E-state index is 13.4. The number of ether oxygens (including phenoxy) is 1. The number of aromatic nitrogens is 4. The van der Waals surface area contributed by atoms with Gasteiger partial charge in [-0.2, -0.15) is 5.10 Å². The molecule has 2 N–H and O–H groups in total. The highest BCUT2D eigenvalue weighted by Gasteiger charge is 2.26. The summed E-state index contributed by atoms with van der Waals surface area (Å²) in [5.74, 6) is 0.982. The van der Waals surface area contributed by atoms with Crippen LogP contribution in [0.1, 0.15) is 16.8 Å². The quantitative estimate of drug-likeness (QED) is 0.255. The summed E-state index contributed by atoms with van der Waals surface area (Å²) in [6, 6.07) is 11.8. The smallest absolute Gasteiger partial charge is 0.142 e. The van der Waals surface area contributed by atoms with Crippen LogP contribution in [0.3, 0.4) is 0 Å². The van der Waals surface area contributed by atoms with Crippen molar-refractivity contribution in [1.29, 1.82) is 0 Å². The molecule has 1 aliphatic carbocycles. The Morgan fingerprint density at radius 2 is 2.08 bits per heavy atom. The number of nitrogens with zero attached hydrogens (tertiary/aromatic N) is 4. The first kappa shape index (κ1) is 23.8. The molecule has 10 heteroatoms. The van der Waals surface area contributed by atoms with Crippen LogP contribution in [0.2, 0.25) is 5.02 Å². The van der Waals surface area contributed by atoms with Crippen LogP contribution in [-0.2, 0) is 26.0 Å². The molecule has 0 atom stereocenters. The fourth-order valence-corrected chi connectivity index (χ4v) is 6.04. The highest BCUT2D eigenvalue weighted by molar-refractivity contribution is 7.22. The van der Waals surface area contributed by atoms with Crippen molar-refractivity contribution in [3.05, 3.63) is 82.6 Å². The van der Waals surface area contributed by atoms with Gasteiger partial charge in [0.25, 0.3) is 0 Å². The van der Waals surface area contributed by atoms with Gasteiger partial charge in [0.1, 0.15) is 35.1 Å². The van der Waals surface area contributed by atoms with E-state index in [9.17, 15) is 4.39 Å². The molecule has 0 amide bonds. The van der Waals surface area contributed by atoms with E-state index in [2.05, 4.69) is 26.8 Å². The number of anilines is 2. The molecule has 1 aliphatic rings. The average Bonchev–Trinajstić information content (AvgIpc) is 3.48. The van der Waals surface area contributed by atoms with Gasteiger partial charge in [-0.1, -0.05) is 23.7 Å². The second-order valence-electron chi connectivity index (χ2n) is 8.86. The van der Waals surface area contributed by atoms with Crippen LogP contribution in [-0.4, -0.2) is 33.3 Å². The number of thiophene rings is 1. The molecule has 0 saturated heterocycles. The lowest BCUT2D eigenvalue weighted by atomic mass is 9.95. The van der Waals surface area contributed by atoms with Gasteiger partial charge in [-0.3, -0.25) is 4.68 Å². The third-order valence-corrected chi connectivity index (χ3v) is 7.82. The SMILES string of the molecule is CNCCn1cc2c(n1)CCc1c-2sc2ncnc(Nc3ccc(OCc4cccc(F)c4)c(Cl)c3)c12. The molecule has 6 rings (SSSR count). The molecular formula is C27H24ClFN6OS. The van der Waals surface area contributed by atoms with Gasteiger partial charge in [-0.15, -0.1) is 11.3 Å². The second-order valence-corrected chi connectivity index (χ2v) is 10.3. The van der Waals surface area contributed by atoms with Crippen LogP contribution in [0, 0.1) is 5.82 Å². The number of fused-ring (bicyclic) bond motifs is 5. The lowest BCUT2D eigenvalue weighted by Crippen LogP contribution is -2.15. The minimum atomic E-state index is -0.294. The molecule has 7 nitrogen and oxygen atoms in total. The molecule has 0 unspecified atom stereocenters. The zero-order valence-corrected chi connectivity index (χ0v) is 21.7. The summed E-state index contributed by atoms with van der Waals surface area (Å²) in [5, 5.41) is 12.9. The Balaban J connectivity index is 1.26. The largest absolute Gasteiger partial charge is 0.487 e. The first-order valence-electron chi connectivity index (χ1n) is 12.0. The number of likely N-dealkylation sites (N-methyl/N-ethyl adjacent to an activating group) is 1. The number of hydrogen-bond acceptors (Lipinski definition) is 7. The van der Waals surface area contributed by atoms with E-state index in [1.807, 2.05) is 23.9 Å². The van der Waals surface area contributed by atoms with Gasteiger partial charge in [0.15, 0.2) is 0 Å². The summed E-state index contributed by atoms with van der Waals surface area (Å²) in [4.78, 5) is 11.3. The molecule has 3 heterocycles. The van der Waals surface area contributed by atoms with E-state index in [0.29, 0.717) is 10.8 Å². The highest BCUT2D eigenvalue weighted by atomic mass is 35.5. The molecule has 0 fully saturated rings. The Labute approximate surface area is 222 Å². The Morgan fingerprint density at radius 1 is 1.16 bits per heavy atom. The summed E-state index contributed by atoms with van der Waals surface area (Å²) >= 11 is 8.20. The number of rotatable bonds is 8. The van der Waals surface area contributed by atoms with Crippen molar-refractivity contribution in [1.82, 2.24) is 25.1 Å². The Bertz CT molecular complexity index is 1600. The van der Waals surface area contributed by atoms with Gasteiger partial charge in [0.2, 0.25) is 0 Å². The van der Waals surface area contributed by atoms with Crippen LogP contribution in [0.15, 0.2) is 55.0 Å². The standard InChI is InChI=1S/C27H24ClFN6OS/c1-30-9-10-35-13-20-22(34-35)7-6-19-24-26(31-15-32-27(24)37-25(19)20)33-18-5-8-23(21(28)12-18)36-14-16-3-2-4-17(29)11-16/h2-5,8,11-13,15,30H,6-7,9-10,14H2,1H3,(H,31,32,33). The van der Waals surface area contributed by atoms with Crippen molar-refractivity contribution in [3.8, 4) is 16.2 Å². The lowest BCUT2D eigenvalue weighted by molar-refractivity contribution is 0.306. The lowest BCUT2D eigenvalue weighted by Gasteiger charge is -2.13. The minimum absolute atomic E-state index is 0.228. The van der Waals surface area contributed by atoms with Crippen molar-refractivity contribution in [2.24, 2.45) is 0 Å². The Kier molecular flexibility index (Phi) is 6.50. The predicted octanol–water partition coefficient (Wildman–Crippen LogP) is 5.99. The number of aryl methyl sites for hydroxylation is 2. The topological polar surface area (TPSA) is 76.9 Å². The van der Waals surface area contributed by atoms with Crippen molar-refractivity contribution in [2.45, 2.75) is 26.0 Å². The highest BCUT2D eigenvalue weighted by Crippen LogP contribution is 2.45. The minimum Gasteiger partial charge on any atom is -0.487 e. The maximum atomic E-state index is 13.4. The molecule has 0 radical (unpaired) electrons. The fraction of sp³-hybridized carbons (Fsp3) is 0.222. The molecule has 3 aromatic heterocycles. The zero-order chi connectivity index (χ0) is 25.4. The normalized spacial score (nSPS) is 12.4. The number of nitrogens with one attached hydrogen (secondary N) is 2. The second kappa shape index (κ2) is 10.1. The van der Waals surface area contributed by atoms with E-state index in [0.717, 1.165) is 58.9 Å². The summed E-state index contributed by atoms with van der Waals surface area (Å²) in [7, 11) is 1.95.